The highest BCUT2D eigenvalue weighted by Gasteiger charge is 2.31. The number of rotatable bonds is 18. The summed E-state index contributed by atoms with van der Waals surface area (Å²) in [4.78, 5) is 23.1. The third-order valence-corrected chi connectivity index (χ3v) is 10.9. The van der Waals surface area contributed by atoms with Gasteiger partial charge in [-0.2, -0.15) is 17.6 Å². The van der Waals surface area contributed by atoms with E-state index in [1.54, 1.807) is 17.0 Å². The fraction of sp³-hybridized carbons (Fsp3) is 0.386. The minimum absolute atomic E-state index is 0.0648. The van der Waals surface area contributed by atoms with Crippen LogP contribution in [0.2, 0.25) is 0 Å². The maximum atomic E-state index is 13.5. The molecule has 0 aliphatic carbocycles. The summed E-state index contributed by atoms with van der Waals surface area (Å²) < 4.78 is 76.0. The first-order chi connectivity index (χ1) is 28.0. The fourth-order valence-corrected chi connectivity index (χ4v) is 7.92. The Morgan fingerprint density at radius 2 is 1.26 bits per heavy atom. The maximum absolute atomic E-state index is 13.5. The van der Waals surface area contributed by atoms with E-state index < -0.39 is 25.2 Å². The number of nitrogens with zero attached hydrogens (tertiary/aromatic N) is 3. The number of halogens is 4. The number of hydrogen-bond donors (Lipinski definition) is 2. The van der Waals surface area contributed by atoms with E-state index in [0.717, 1.165) is 60.8 Å². The molecule has 0 amide bonds. The molecule has 6 aromatic rings. The van der Waals surface area contributed by atoms with Gasteiger partial charge in [0.1, 0.15) is 28.6 Å². The van der Waals surface area contributed by atoms with Crippen LogP contribution in [0, 0.1) is 13.8 Å². The van der Waals surface area contributed by atoms with Gasteiger partial charge in [0, 0.05) is 42.0 Å². The number of oxazole rings is 2. The Morgan fingerprint density at radius 3 is 1.79 bits per heavy atom. The molecule has 0 bridgehead atoms. The average molecular weight is 804 g/mol. The molecule has 0 spiro atoms. The van der Waals surface area contributed by atoms with Crippen LogP contribution >= 0.6 is 0 Å². The monoisotopic (exact) mass is 803 g/mol. The summed E-state index contributed by atoms with van der Waals surface area (Å²) in [6.07, 6.45) is 7.14. The number of carbonyl (C=O) groups is 1. The van der Waals surface area contributed by atoms with E-state index in [1.165, 1.54) is 12.1 Å². The van der Waals surface area contributed by atoms with Gasteiger partial charge in [0.25, 0.3) is 0 Å². The van der Waals surface area contributed by atoms with Crippen molar-refractivity contribution in [1.82, 2.24) is 14.9 Å². The van der Waals surface area contributed by atoms with Crippen LogP contribution in [0.25, 0.3) is 56.2 Å². The molecule has 0 saturated carbocycles. The standard InChI is InChI=1S/C44H45F4N3O7/c1-25-29(13-9-15-31(25)40-49-33-20-27(12-7-5-3-4-6-8-19-52)36(57-43(45)46)22-38(33)55-40)30-14-10-16-32(26(30)2)41-50-34-21-28(24-51-18-11-17-35(51)42(53)54)37(58-44(47)48)23-39(34)56-41/h9-10,13-16,20-23,35,43-44,52H,3-8,11-12,17-19,24H2,1-2H3,(H,53,54)/t35-/m0/s1. The van der Waals surface area contributed by atoms with Gasteiger partial charge in [-0.1, -0.05) is 49.9 Å². The molecule has 1 aliphatic heterocycles. The van der Waals surface area contributed by atoms with Crippen molar-refractivity contribution in [3.05, 3.63) is 82.9 Å². The van der Waals surface area contributed by atoms with Crippen LogP contribution in [0.5, 0.6) is 11.5 Å². The number of unbranched alkanes of at least 4 members (excludes halogenated alkanes) is 5. The molecule has 1 aliphatic rings. The molecule has 2 N–H and O–H groups in total. The van der Waals surface area contributed by atoms with Gasteiger partial charge >= 0.3 is 19.2 Å². The molecule has 7 rings (SSSR count). The molecule has 58 heavy (non-hydrogen) atoms. The van der Waals surface area contributed by atoms with Crippen molar-refractivity contribution in [2.45, 2.75) is 97.4 Å². The van der Waals surface area contributed by atoms with Crippen molar-refractivity contribution in [2.24, 2.45) is 0 Å². The van der Waals surface area contributed by atoms with Gasteiger partial charge in [-0.15, -0.1) is 0 Å². The molecule has 4 aromatic carbocycles. The number of benzene rings is 4. The lowest BCUT2D eigenvalue weighted by atomic mass is 9.91. The van der Waals surface area contributed by atoms with Crippen molar-refractivity contribution >= 4 is 28.2 Å². The number of likely N-dealkylation sites (tertiary alicyclic amines) is 1. The number of ether oxygens (including phenoxy) is 2. The van der Waals surface area contributed by atoms with Crippen molar-refractivity contribution in [3.8, 4) is 45.5 Å². The number of aliphatic hydroxyl groups is 1. The Hall–Kier alpha value is -5.47. The van der Waals surface area contributed by atoms with Crippen LogP contribution in [0.15, 0.2) is 69.5 Å². The molecular formula is C44H45F4N3O7. The number of aryl methyl sites for hydroxylation is 1. The van der Waals surface area contributed by atoms with Crippen LogP contribution in [0.3, 0.4) is 0 Å². The zero-order valence-electron chi connectivity index (χ0n) is 32.3. The van der Waals surface area contributed by atoms with Gasteiger partial charge in [0.2, 0.25) is 11.8 Å². The fourth-order valence-electron chi connectivity index (χ4n) is 7.92. The van der Waals surface area contributed by atoms with Gasteiger partial charge < -0.3 is 28.5 Å². The average Bonchev–Trinajstić information content (AvgIpc) is 3.93. The van der Waals surface area contributed by atoms with Crippen molar-refractivity contribution in [2.75, 3.05) is 13.2 Å². The van der Waals surface area contributed by atoms with E-state index in [4.69, 9.17) is 33.4 Å². The number of fused-ring (bicyclic) bond motifs is 2. The molecule has 0 unspecified atom stereocenters. The molecule has 14 heteroatoms. The first kappa shape index (κ1) is 40.7. The molecule has 2 aromatic heterocycles. The summed E-state index contributed by atoms with van der Waals surface area (Å²) in [6.45, 7) is -1.41. The Morgan fingerprint density at radius 1 is 0.759 bits per heavy atom. The van der Waals surface area contributed by atoms with E-state index in [1.807, 2.05) is 50.2 Å². The largest absolute Gasteiger partial charge is 0.480 e. The van der Waals surface area contributed by atoms with E-state index in [2.05, 4.69) is 0 Å². The van der Waals surface area contributed by atoms with E-state index in [0.29, 0.717) is 70.6 Å². The van der Waals surface area contributed by atoms with Gasteiger partial charge in [-0.25, -0.2) is 9.97 Å². The number of aliphatic carboxylic acids is 1. The third kappa shape index (κ3) is 8.97. The molecule has 1 saturated heterocycles. The van der Waals surface area contributed by atoms with Crippen molar-refractivity contribution < 1.29 is 50.9 Å². The van der Waals surface area contributed by atoms with Crippen LogP contribution in [0.4, 0.5) is 17.6 Å². The van der Waals surface area contributed by atoms with Gasteiger partial charge in [-0.05, 0) is 105 Å². The first-order valence-corrected chi connectivity index (χ1v) is 19.5. The first-order valence-electron chi connectivity index (χ1n) is 19.5. The zero-order valence-corrected chi connectivity index (χ0v) is 32.3. The molecule has 3 heterocycles. The summed E-state index contributed by atoms with van der Waals surface area (Å²) in [7, 11) is 0. The summed E-state index contributed by atoms with van der Waals surface area (Å²) in [5.74, 6) is -0.403. The quantitative estimate of drug-likeness (QED) is 0.0639. The lowest BCUT2D eigenvalue weighted by Gasteiger charge is -2.22. The topological polar surface area (TPSA) is 131 Å². The number of alkyl halides is 4. The summed E-state index contributed by atoms with van der Waals surface area (Å²) in [6, 6.07) is 16.9. The van der Waals surface area contributed by atoms with Crippen LogP contribution < -0.4 is 9.47 Å². The smallest absolute Gasteiger partial charge is 0.387 e. The van der Waals surface area contributed by atoms with E-state index >= 15 is 0 Å². The van der Waals surface area contributed by atoms with Crippen molar-refractivity contribution in [1.29, 1.82) is 0 Å². The molecule has 10 nitrogen and oxygen atoms in total. The van der Waals surface area contributed by atoms with Gasteiger partial charge in [0.05, 0.1) is 0 Å². The number of aliphatic hydroxyl groups excluding tert-OH is 1. The molecule has 1 fully saturated rings. The van der Waals surface area contributed by atoms with E-state index in [9.17, 15) is 27.5 Å². The number of carboxylic acids is 1. The molecule has 1 atom stereocenters. The predicted octanol–water partition coefficient (Wildman–Crippen LogP) is 10.7. The van der Waals surface area contributed by atoms with Crippen LogP contribution in [-0.2, 0) is 17.8 Å². The lowest BCUT2D eigenvalue weighted by Crippen LogP contribution is -2.35. The lowest BCUT2D eigenvalue weighted by molar-refractivity contribution is -0.142. The Bertz CT molecular complexity index is 2390. The second kappa shape index (κ2) is 18.0. The SMILES string of the molecule is Cc1c(-c2nc3cc(CCCCCCCCO)c(OC(F)F)cc3o2)cccc1-c1cccc(-c2nc3cc(CN4CCC[C@H]4C(=O)O)c(OC(F)F)cc3o2)c1C. The van der Waals surface area contributed by atoms with Crippen LogP contribution in [-0.4, -0.2) is 63.5 Å². The number of carboxylic acid groups (broad SMARTS) is 1. The summed E-state index contributed by atoms with van der Waals surface area (Å²) >= 11 is 0. The molecule has 0 radical (unpaired) electrons. The Kier molecular flexibility index (Phi) is 12.6. The highest BCUT2D eigenvalue weighted by atomic mass is 19.3. The molecule has 306 valence electrons. The van der Waals surface area contributed by atoms with Crippen molar-refractivity contribution in [3.63, 3.8) is 0 Å². The number of aromatic nitrogens is 2. The minimum Gasteiger partial charge on any atom is -0.480 e. The second-order valence-corrected chi connectivity index (χ2v) is 14.7. The van der Waals surface area contributed by atoms with Gasteiger partial charge in [-0.3, -0.25) is 9.69 Å². The second-order valence-electron chi connectivity index (χ2n) is 14.7. The summed E-state index contributed by atoms with van der Waals surface area (Å²) in [5, 5.41) is 18.7. The Balaban J connectivity index is 1.18. The minimum atomic E-state index is -3.09. The highest BCUT2D eigenvalue weighted by Crippen LogP contribution is 2.40. The number of hydrogen-bond acceptors (Lipinski definition) is 9. The third-order valence-electron chi connectivity index (χ3n) is 10.9. The van der Waals surface area contributed by atoms with Gasteiger partial charge in [0.15, 0.2) is 11.2 Å². The Labute approximate surface area is 332 Å². The maximum Gasteiger partial charge on any atom is 0.387 e. The highest BCUT2D eigenvalue weighted by molar-refractivity contribution is 5.85. The predicted molar refractivity (Wildman–Crippen MR) is 210 cm³/mol. The van der Waals surface area contributed by atoms with Crippen LogP contribution in [0.1, 0.15) is 73.6 Å². The normalized spacial score (nSPS) is 14.7. The molecular weight excluding hydrogens is 758 g/mol. The zero-order chi connectivity index (χ0) is 40.9. The van der Waals surface area contributed by atoms with E-state index in [-0.39, 0.29) is 36.1 Å². The summed E-state index contributed by atoms with van der Waals surface area (Å²) in [5.41, 5.74) is 7.35.